The summed E-state index contributed by atoms with van der Waals surface area (Å²) >= 11 is 6.42. The minimum Gasteiger partial charge on any atom is -0.289 e. The molecule has 0 saturated heterocycles. The first kappa shape index (κ1) is 13.9. The fourth-order valence-corrected chi connectivity index (χ4v) is 3.14. The number of hydrogen-bond acceptors (Lipinski definition) is 3. The Bertz CT molecular complexity index is 633. The number of rotatable bonds is 3. The number of nitro groups is 1. The lowest BCUT2D eigenvalue weighted by Gasteiger charge is -2.06. The van der Waals surface area contributed by atoms with Gasteiger partial charge >= 0.3 is 0 Å². The summed E-state index contributed by atoms with van der Waals surface area (Å²) in [6, 6.07) is 11.4. The first-order chi connectivity index (χ1) is 9.00. The summed E-state index contributed by atoms with van der Waals surface area (Å²) in [6.45, 7) is 0. The van der Waals surface area contributed by atoms with Crippen LogP contribution in [0.1, 0.15) is 15.9 Å². The molecule has 0 atom stereocenters. The van der Waals surface area contributed by atoms with Crippen molar-refractivity contribution in [1.82, 2.24) is 0 Å². The van der Waals surface area contributed by atoms with Crippen LogP contribution in [0.5, 0.6) is 0 Å². The fourth-order valence-electron chi connectivity index (χ4n) is 1.62. The van der Waals surface area contributed by atoms with E-state index in [2.05, 4.69) is 31.9 Å². The first-order valence-electron chi connectivity index (χ1n) is 5.24. The second-order valence-electron chi connectivity index (χ2n) is 3.74. The van der Waals surface area contributed by atoms with E-state index in [-0.39, 0.29) is 11.5 Å². The van der Waals surface area contributed by atoms with Gasteiger partial charge in [0.25, 0.3) is 5.69 Å². The van der Waals surface area contributed by atoms with Gasteiger partial charge in [0.2, 0.25) is 0 Å². The molecule has 6 heteroatoms. The van der Waals surface area contributed by atoms with E-state index in [1.54, 1.807) is 24.3 Å². The number of ketones is 1. The van der Waals surface area contributed by atoms with Crippen LogP contribution in [0.3, 0.4) is 0 Å². The molecule has 0 aliphatic heterocycles. The normalized spacial score (nSPS) is 10.2. The largest absolute Gasteiger partial charge is 0.289 e. The van der Waals surface area contributed by atoms with Gasteiger partial charge in [0.15, 0.2) is 5.78 Å². The Morgan fingerprint density at radius 1 is 1.05 bits per heavy atom. The third-order valence-corrected chi connectivity index (χ3v) is 3.75. The number of benzene rings is 2. The number of carbonyl (C=O) groups excluding carboxylic acids is 1. The Hall–Kier alpha value is -1.53. The molecule has 19 heavy (non-hydrogen) atoms. The number of nitro benzene ring substituents is 1. The van der Waals surface area contributed by atoms with Gasteiger partial charge in [0.1, 0.15) is 0 Å². The monoisotopic (exact) mass is 383 g/mol. The molecule has 0 heterocycles. The van der Waals surface area contributed by atoms with Crippen molar-refractivity contribution >= 4 is 43.3 Å². The predicted molar refractivity (Wildman–Crippen MR) is 78.4 cm³/mol. The lowest BCUT2D eigenvalue weighted by Crippen LogP contribution is -2.04. The van der Waals surface area contributed by atoms with E-state index in [0.29, 0.717) is 20.1 Å². The van der Waals surface area contributed by atoms with Gasteiger partial charge in [0, 0.05) is 26.6 Å². The van der Waals surface area contributed by atoms with Crippen LogP contribution >= 0.6 is 31.9 Å². The molecular formula is C13H7Br2NO3. The van der Waals surface area contributed by atoms with Crippen LogP contribution in [0.2, 0.25) is 0 Å². The molecule has 4 nitrogen and oxygen atoms in total. The Labute approximate surface area is 125 Å². The van der Waals surface area contributed by atoms with Crippen molar-refractivity contribution in [2.75, 3.05) is 0 Å². The van der Waals surface area contributed by atoms with E-state index in [1.165, 1.54) is 12.1 Å². The molecule has 0 bridgehead atoms. The van der Waals surface area contributed by atoms with Crippen molar-refractivity contribution < 1.29 is 9.72 Å². The first-order valence-corrected chi connectivity index (χ1v) is 6.82. The number of hydrogen-bond donors (Lipinski definition) is 0. The third-order valence-electron chi connectivity index (χ3n) is 2.50. The highest BCUT2D eigenvalue weighted by molar-refractivity contribution is 9.11. The lowest BCUT2D eigenvalue weighted by molar-refractivity contribution is -0.385. The van der Waals surface area contributed by atoms with E-state index >= 15 is 0 Å². The Balaban J connectivity index is 2.52. The van der Waals surface area contributed by atoms with Crippen LogP contribution in [0.15, 0.2) is 51.4 Å². The van der Waals surface area contributed by atoms with E-state index in [1.807, 2.05) is 6.07 Å². The zero-order valence-electron chi connectivity index (χ0n) is 9.47. The van der Waals surface area contributed by atoms with Crippen LogP contribution in [-0.4, -0.2) is 10.7 Å². The van der Waals surface area contributed by atoms with E-state index in [4.69, 9.17) is 0 Å². The van der Waals surface area contributed by atoms with Crippen LogP contribution in [0.25, 0.3) is 0 Å². The maximum absolute atomic E-state index is 12.3. The van der Waals surface area contributed by atoms with Crippen molar-refractivity contribution in [2.45, 2.75) is 0 Å². The molecule has 0 amide bonds. The van der Waals surface area contributed by atoms with Gasteiger partial charge in [-0.25, -0.2) is 0 Å². The maximum Gasteiger partial charge on any atom is 0.271 e. The highest BCUT2D eigenvalue weighted by Gasteiger charge is 2.20. The van der Waals surface area contributed by atoms with Crippen LogP contribution in [0.4, 0.5) is 5.69 Å². The second-order valence-corrected chi connectivity index (χ2v) is 5.45. The van der Waals surface area contributed by atoms with Gasteiger partial charge in [-0.15, -0.1) is 0 Å². The van der Waals surface area contributed by atoms with Crippen LogP contribution < -0.4 is 0 Å². The molecule has 0 fully saturated rings. The molecule has 0 unspecified atom stereocenters. The summed E-state index contributed by atoms with van der Waals surface area (Å²) in [5, 5.41) is 10.7. The Kier molecular flexibility index (Phi) is 4.11. The van der Waals surface area contributed by atoms with Crippen molar-refractivity contribution in [2.24, 2.45) is 0 Å². The lowest BCUT2D eigenvalue weighted by atomic mass is 10.0. The minimum atomic E-state index is -0.508. The average molecular weight is 385 g/mol. The summed E-state index contributed by atoms with van der Waals surface area (Å²) in [5.41, 5.74) is 0.818. The van der Waals surface area contributed by atoms with Gasteiger partial charge in [-0.1, -0.05) is 30.3 Å². The van der Waals surface area contributed by atoms with E-state index in [0.717, 1.165) is 0 Å². The zero-order valence-corrected chi connectivity index (χ0v) is 12.6. The molecule has 0 saturated carbocycles. The van der Waals surface area contributed by atoms with Crippen molar-refractivity contribution in [1.29, 1.82) is 0 Å². The van der Waals surface area contributed by atoms with E-state index < -0.39 is 4.92 Å². The molecule has 0 aliphatic carbocycles. The predicted octanol–water partition coefficient (Wildman–Crippen LogP) is 4.35. The Morgan fingerprint density at radius 2 is 1.58 bits per heavy atom. The summed E-state index contributed by atoms with van der Waals surface area (Å²) in [6.07, 6.45) is 0. The fraction of sp³-hybridized carbons (Fsp3) is 0. The van der Waals surface area contributed by atoms with E-state index in [9.17, 15) is 14.9 Å². The molecule has 0 aromatic heterocycles. The molecule has 2 aromatic rings. The number of non-ortho nitro benzene ring substituents is 1. The summed E-state index contributed by atoms with van der Waals surface area (Å²) < 4.78 is 0.782. The van der Waals surface area contributed by atoms with Crippen molar-refractivity contribution in [3.63, 3.8) is 0 Å². The SMILES string of the molecule is O=C(c1ccccc1)c1c(Br)cc([N+](=O)[O-])cc1Br. The Morgan fingerprint density at radius 3 is 2.05 bits per heavy atom. The standard InChI is InChI=1S/C13H7Br2NO3/c14-10-6-9(16(18)19)7-11(15)12(10)13(17)8-4-2-1-3-5-8/h1-7H. The second kappa shape index (κ2) is 5.63. The maximum atomic E-state index is 12.3. The third kappa shape index (κ3) is 2.90. The van der Waals surface area contributed by atoms with Gasteiger partial charge < -0.3 is 0 Å². The van der Waals surface area contributed by atoms with Crippen LogP contribution in [0, 0.1) is 10.1 Å². The highest BCUT2D eigenvalue weighted by Crippen LogP contribution is 2.32. The molecule has 2 rings (SSSR count). The van der Waals surface area contributed by atoms with Gasteiger partial charge in [-0.3, -0.25) is 14.9 Å². The molecule has 96 valence electrons. The highest BCUT2D eigenvalue weighted by atomic mass is 79.9. The number of nitrogens with zero attached hydrogens (tertiary/aromatic N) is 1. The van der Waals surface area contributed by atoms with Gasteiger partial charge in [-0.05, 0) is 31.9 Å². The quantitative estimate of drug-likeness (QED) is 0.449. The van der Waals surface area contributed by atoms with Crippen molar-refractivity contribution in [3.05, 3.63) is 72.7 Å². The molecule has 0 radical (unpaired) electrons. The average Bonchev–Trinajstić information content (AvgIpc) is 2.38. The topological polar surface area (TPSA) is 60.2 Å². The molecule has 0 N–H and O–H groups in total. The smallest absolute Gasteiger partial charge is 0.271 e. The zero-order chi connectivity index (χ0) is 14.0. The minimum absolute atomic E-state index is 0.0802. The van der Waals surface area contributed by atoms with Gasteiger partial charge in [0.05, 0.1) is 10.5 Å². The molecule has 0 aliphatic rings. The molecule has 2 aromatic carbocycles. The molecule has 0 spiro atoms. The summed E-state index contributed by atoms with van der Waals surface area (Å²) in [4.78, 5) is 22.6. The van der Waals surface area contributed by atoms with Crippen molar-refractivity contribution in [3.8, 4) is 0 Å². The summed E-state index contributed by atoms with van der Waals surface area (Å²) in [7, 11) is 0. The van der Waals surface area contributed by atoms with Crippen LogP contribution in [-0.2, 0) is 0 Å². The number of halogens is 2. The summed E-state index contributed by atoms with van der Waals surface area (Å²) in [5.74, 6) is -0.200. The number of carbonyl (C=O) groups is 1. The molecular weight excluding hydrogens is 378 g/mol. The van der Waals surface area contributed by atoms with Gasteiger partial charge in [-0.2, -0.15) is 0 Å².